The zero-order chi connectivity index (χ0) is 11.6. The van der Waals surface area contributed by atoms with Gasteiger partial charge in [-0.2, -0.15) is 0 Å². The standard InChI is InChI=1S/C12H23NO2/c1-9(2)13-7-6-11(14)15-8-10(13)12(3,4)5/h9-10H,6-8H2,1-5H3/t10-/m1/s1. The van der Waals surface area contributed by atoms with Crippen molar-refractivity contribution in [2.24, 2.45) is 5.41 Å². The number of carbonyl (C=O) groups is 1. The number of cyclic esters (lactones) is 1. The van der Waals surface area contributed by atoms with Crippen molar-refractivity contribution in [3.05, 3.63) is 0 Å². The summed E-state index contributed by atoms with van der Waals surface area (Å²) in [7, 11) is 0. The van der Waals surface area contributed by atoms with Crippen LogP contribution in [0.1, 0.15) is 41.0 Å². The molecule has 3 heteroatoms. The first-order chi connectivity index (χ1) is 6.82. The molecule has 0 aromatic heterocycles. The zero-order valence-corrected chi connectivity index (χ0v) is 10.5. The lowest BCUT2D eigenvalue weighted by atomic mass is 9.85. The molecule has 1 rings (SSSR count). The first kappa shape index (κ1) is 12.5. The van der Waals surface area contributed by atoms with Crippen LogP contribution in [0.25, 0.3) is 0 Å². The minimum absolute atomic E-state index is 0.0626. The van der Waals surface area contributed by atoms with Gasteiger partial charge in [-0.1, -0.05) is 20.8 Å². The summed E-state index contributed by atoms with van der Waals surface area (Å²) in [6.07, 6.45) is 0.519. The summed E-state index contributed by atoms with van der Waals surface area (Å²) < 4.78 is 5.24. The Bertz CT molecular complexity index is 230. The Kier molecular flexibility index (Phi) is 3.77. The van der Waals surface area contributed by atoms with Crippen LogP contribution in [-0.4, -0.2) is 36.1 Å². The zero-order valence-electron chi connectivity index (χ0n) is 10.5. The highest BCUT2D eigenvalue weighted by atomic mass is 16.5. The van der Waals surface area contributed by atoms with Gasteiger partial charge in [-0.25, -0.2) is 0 Å². The summed E-state index contributed by atoms with van der Waals surface area (Å²) in [6.45, 7) is 12.3. The number of ether oxygens (including phenoxy) is 1. The van der Waals surface area contributed by atoms with Crippen LogP contribution in [-0.2, 0) is 9.53 Å². The molecule has 0 saturated carbocycles. The quantitative estimate of drug-likeness (QED) is 0.624. The van der Waals surface area contributed by atoms with Crippen molar-refractivity contribution in [2.75, 3.05) is 13.2 Å². The largest absolute Gasteiger partial charge is 0.464 e. The number of rotatable bonds is 1. The molecule has 0 amide bonds. The number of hydrogen-bond donors (Lipinski definition) is 0. The van der Waals surface area contributed by atoms with Crippen molar-refractivity contribution in [3.63, 3.8) is 0 Å². The second kappa shape index (κ2) is 4.52. The van der Waals surface area contributed by atoms with E-state index in [1.54, 1.807) is 0 Å². The van der Waals surface area contributed by atoms with E-state index < -0.39 is 0 Å². The maximum Gasteiger partial charge on any atom is 0.307 e. The highest BCUT2D eigenvalue weighted by Gasteiger charge is 2.35. The Morgan fingerprint density at radius 2 is 2.00 bits per heavy atom. The summed E-state index contributed by atoms with van der Waals surface area (Å²) in [5.41, 5.74) is 0.148. The molecule has 0 bridgehead atoms. The van der Waals surface area contributed by atoms with E-state index >= 15 is 0 Å². The third-order valence-electron chi connectivity index (χ3n) is 3.04. The minimum atomic E-state index is -0.0626. The molecule has 15 heavy (non-hydrogen) atoms. The Hall–Kier alpha value is -0.570. The van der Waals surface area contributed by atoms with Crippen LogP contribution in [0.5, 0.6) is 0 Å². The molecule has 0 aromatic rings. The Morgan fingerprint density at radius 1 is 1.40 bits per heavy atom. The van der Waals surface area contributed by atoms with Gasteiger partial charge in [0.1, 0.15) is 6.61 Å². The van der Waals surface area contributed by atoms with Gasteiger partial charge >= 0.3 is 5.97 Å². The summed E-state index contributed by atoms with van der Waals surface area (Å²) in [4.78, 5) is 13.7. The molecule has 1 aliphatic heterocycles. The first-order valence-electron chi connectivity index (χ1n) is 5.73. The summed E-state index contributed by atoms with van der Waals surface area (Å²) >= 11 is 0. The van der Waals surface area contributed by atoms with Crippen molar-refractivity contribution < 1.29 is 9.53 Å². The molecule has 0 N–H and O–H groups in total. The SMILES string of the molecule is CC(C)N1CCC(=O)OC[C@@H]1C(C)(C)C. The molecular formula is C12H23NO2. The molecule has 1 atom stereocenters. The van der Waals surface area contributed by atoms with Gasteiger partial charge < -0.3 is 4.74 Å². The molecule has 1 fully saturated rings. The number of nitrogens with zero attached hydrogens (tertiary/aromatic N) is 1. The summed E-state index contributed by atoms with van der Waals surface area (Å²) in [5, 5.41) is 0. The molecular weight excluding hydrogens is 190 g/mol. The van der Waals surface area contributed by atoms with Crippen LogP contribution >= 0.6 is 0 Å². The fraction of sp³-hybridized carbons (Fsp3) is 0.917. The van der Waals surface area contributed by atoms with E-state index in [9.17, 15) is 4.79 Å². The average Bonchev–Trinajstić information content (AvgIpc) is 2.25. The van der Waals surface area contributed by atoms with Crippen molar-refractivity contribution in [2.45, 2.75) is 53.1 Å². The number of esters is 1. The first-order valence-corrected chi connectivity index (χ1v) is 5.73. The molecule has 3 nitrogen and oxygen atoms in total. The Morgan fingerprint density at radius 3 is 2.47 bits per heavy atom. The third-order valence-corrected chi connectivity index (χ3v) is 3.04. The van der Waals surface area contributed by atoms with Gasteiger partial charge in [-0.05, 0) is 19.3 Å². The fourth-order valence-electron chi connectivity index (χ4n) is 2.08. The Labute approximate surface area is 92.8 Å². The van der Waals surface area contributed by atoms with E-state index in [-0.39, 0.29) is 11.4 Å². The van der Waals surface area contributed by atoms with Gasteiger partial charge in [0.05, 0.1) is 6.42 Å². The van der Waals surface area contributed by atoms with Crippen molar-refractivity contribution in [1.82, 2.24) is 4.90 Å². The number of hydrogen-bond acceptors (Lipinski definition) is 3. The molecule has 0 aliphatic carbocycles. The molecule has 0 aromatic carbocycles. The molecule has 88 valence electrons. The predicted octanol–water partition coefficient (Wildman–Crippen LogP) is 2.06. The third kappa shape index (κ3) is 3.20. The molecule has 0 radical (unpaired) electrons. The van der Waals surface area contributed by atoms with Crippen molar-refractivity contribution >= 4 is 5.97 Å². The van der Waals surface area contributed by atoms with Crippen molar-refractivity contribution in [1.29, 1.82) is 0 Å². The highest BCUT2D eigenvalue weighted by molar-refractivity contribution is 5.69. The monoisotopic (exact) mass is 213 g/mol. The lowest BCUT2D eigenvalue weighted by molar-refractivity contribution is -0.143. The van der Waals surface area contributed by atoms with E-state index in [0.29, 0.717) is 25.1 Å². The lowest BCUT2D eigenvalue weighted by Gasteiger charge is -2.40. The van der Waals surface area contributed by atoms with Gasteiger partial charge in [-0.15, -0.1) is 0 Å². The predicted molar refractivity (Wildman–Crippen MR) is 60.7 cm³/mol. The van der Waals surface area contributed by atoms with E-state index in [2.05, 4.69) is 39.5 Å². The van der Waals surface area contributed by atoms with Crippen LogP contribution < -0.4 is 0 Å². The van der Waals surface area contributed by atoms with Crippen LogP contribution in [0.15, 0.2) is 0 Å². The van der Waals surface area contributed by atoms with Gasteiger partial charge in [0.2, 0.25) is 0 Å². The highest BCUT2D eigenvalue weighted by Crippen LogP contribution is 2.28. The van der Waals surface area contributed by atoms with Gasteiger partial charge in [-0.3, -0.25) is 9.69 Å². The maximum absolute atomic E-state index is 11.3. The van der Waals surface area contributed by atoms with Gasteiger partial charge in [0.25, 0.3) is 0 Å². The molecule has 0 unspecified atom stereocenters. The van der Waals surface area contributed by atoms with E-state index in [4.69, 9.17) is 4.74 Å². The van der Waals surface area contributed by atoms with Crippen LogP contribution in [0, 0.1) is 5.41 Å². The second-order valence-electron chi connectivity index (χ2n) is 5.65. The number of carbonyl (C=O) groups excluding carboxylic acids is 1. The van der Waals surface area contributed by atoms with Crippen molar-refractivity contribution in [3.8, 4) is 0 Å². The van der Waals surface area contributed by atoms with Gasteiger partial charge in [0.15, 0.2) is 0 Å². The van der Waals surface area contributed by atoms with E-state index in [0.717, 1.165) is 6.54 Å². The average molecular weight is 213 g/mol. The fourth-order valence-corrected chi connectivity index (χ4v) is 2.08. The topological polar surface area (TPSA) is 29.5 Å². The van der Waals surface area contributed by atoms with Crippen LogP contribution in [0.2, 0.25) is 0 Å². The maximum atomic E-state index is 11.3. The van der Waals surface area contributed by atoms with E-state index in [1.807, 2.05) is 0 Å². The van der Waals surface area contributed by atoms with Crippen LogP contribution in [0.4, 0.5) is 0 Å². The van der Waals surface area contributed by atoms with Crippen LogP contribution in [0.3, 0.4) is 0 Å². The summed E-state index contributed by atoms with van der Waals surface area (Å²) in [6, 6.07) is 0.785. The summed E-state index contributed by atoms with van der Waals surface area (Å²) in [5.74, 6) is -0.0626. The normalized spacial score (nSPS) is 25.2. The van der Waals surface area contributed by atoms with Gasteiger partial charge in [0, 0.05) is 18.6 Å². The Balaban J connectivity index is 2.83. The minimum Gasteiger partial charge on any atom is -0.464 e. The molecule has 1 heterocycles. The smallest absolute Gasteiger partial charge is 0.307 e. The van der Waals surface area contributed by atoms with E-state index in [1.165, 1.54) is 0 Å². The molecule has 1 saturated heterocycles. The molecule has 1 aliphatic rings. The molecule has 0 spiro atoms. The second-order valence-corrected chi connectivity index (χ2v) is 5.65. The lowest BCUT2D eigenvalue weighted by Crippen LogP contribution is -2.49.